The number of fused-ring (bicyclic) bond motifs is 4. The lowest BCUT2D eigenvalue weighted by atomic mass is 9.47. The van der Waals surface area contributed by atoms with Gasteiger partial charge in [0.1, 0.15) is 33.6 Å². The van der Waals surface area contributed by atoms with Crippen LogP contribution in [0.2, 0.25) is 5.02 Å². The number of phenols is 1. The lowest BCUT2D eigenvalue weighted by Crippen LogP contribution is -2.86. The highest BCUT2D eigenvalue weighted by molar-refractivity contribution is 6.34. The predicted molar refractivity (Wildman–Crippen MR) is 129 cm³/mol. The molecule has 0 amide bonds. The Morgan fingerprint density at radius 1 is 1.16 bits per heavy atom. The van der Waals surface area contributed by atoms with Crippen molar-refractivity contribution in [2.24, 2.45) is 11.3 Å². The first kappa shape index (κ1) is 25.2. The van der Waals surface area contributed by atoms with Crippen molar-refractivity contribution in [2.45, 2.75) is 109 Å². The fourth-order valence-corrected chi connectivity index (χ4v) is 7.90. The second kappa shape index (κ2) is 7.31. The molecule has 7 rings (SSSR count). The molecule has 1 saturated carbocycles. The van der Waals surface area contributed by atoms with E-state index < -0.39 is 58.1 Å². The second-order valence-electron chi connectivity index (χ2n) is 12.0. The van der Waals surface area contributed by atoms with Crippen molar-refractivity contribution in [2.75, 3.05) is 0 Å². The Labute approximate surface area is 220 Å². The molecule has 5 heterocycles. The zero-order valence-electron chi connectivity index (χ0n) is 21.9. The maximum Gasteiger partial charge on any atom is 0.342 e. The summed E-state index contributed by atoms with van der Waals surface area (Å²) in [5.74, 6) is -4.13. The van der Waals surface area contributed by atoms with Crippen molar-refractivity contribution in [3.05, 3.63) is 21.7 Å². The molecule has 1 aromatic rings. The van der Waals surface area contributed by atoms with Gasteiger partial charge in [0, 0.05) is 43.2 Å². The fourth-order valence-electron chi connectivity index (χ4n) is 7.66. The number of aromatic hydroxyl groups is 1. The largest absolute Gasteiger partial charge is 0.505 e. The fraction of sp³-hybridized carbons (Fsp3) is 0.704. The zero-order valence-corrected chi connectivity index (χ0v) is 22.7. The number of aliphatic hydroxyl groups is 1. The van der Waals surface area contributed by atoms with Crippen LogP contribution in [0.5, 0.6) is 11.5 Å². The summed E-state index contributed by atoms with van der Waals surface area (Å²) in [6.07, 6.45) is 0.397. The molecule has 202 valence electrons. The summed E-state index contributed by atoms with van der Waals surface area (Å²) in [7, 11) is 0. The van der Waals surface area contributed by atoms with Crippen LogP contribution in [0.25, 0.3) is 0 Å². The standard InChI is InChI=1S/C27H33ClO9/c1-12(2)25-9-7-23(5)26(36-25)11-15-16-17(22(31)33-13(3)20(16)34-14(4)29)19(30)18(28)21(15)35-24(26,6)8-10-27(23,32)37-25/h12-13,20,30,32H,7-11H2,1-6H3/t13-,20+,23-,24-,25-,26+,27+/m1/s1. The molecule has 37 heavy (non-hydrogen) atoms. The Balaban J connectivity index is 1.64. The number of phenolic OH excluding ortho intramolecular Hbond substituents is 1. The van der Waals surface area contributed by atoms with Gasteiger partial charge in [0.2, 0.25) is 0 Å². The summed E-state index contributed by atoms with van der Waals surface area (Å²) in [6.45, 7) is 10.8. The maximum atomic E-state index is 13.0. The van der Waals surface area contributed by atoms with E-state index in [9.17, 15) is 19.8 Å². The lowest BCUT2D eigenvalue weighted by Gasteiger charge is -2.75. The van der Waals surface area contributed by atoms with Crippen LogP contribution in [-0.2, 0) is 30.2 Å². The number of carbonyl (C=O) groups excluding carboxylic acids is 2. The van der Waals surface area contributed by atoms with Gasteiger partial charge in [0.15, 0.2) is 23.4 Å². The number of hydrogen-bond acceptors (Lipinski definition) is 9. The van der Waals surface area contributed by atoms with Crippen molar-refractivity contribution in [3.8, 4) is 11.5 Å². The minimum absolute atomic E-state index is 0.0642. The van der Waals surface area contributed by atoms with E-state index in [0.717, 1.165) is 0 Å². The summed E-state index contributed by atoms with van der Waals surface area (Å²) < 4.78 is 31.2. The summed E-state index contributed by atoms with van der Waals surface area (Å²) in [5, 5.41) is 22.9. The van der Waals surface area contributed by atoms with Crippen LogP contribution in [-0.4, -0.2) is 51.0 Å². The first-order valence-corrected chi connectivity index (χ1v) is 13.3. The third-order valence-corrected chi connectivity index (χ3v) is 10.2. The molecule has 0 radical (unpaired) electrons. The smallest absolute Gasteiger partial charge is 0.342 e. The summed E-state index contributed by atoms with van der Waals surface area (Å²) >= 11 is 6.64. The molecular formula is C27H33ClO9. The summed E-state index contributed by atoms with van der Waals surface area (Å²) in [6, 6.07) is 0. The second-order valence-corrected chi connectivity index (χ2v) is 12.4. The van der Waals surface area contributed by atoms with Gasteiger partial charge in [-0.25, -0.2) is 4.79 Å². The number of cyclic esters (lactones) is 1. The Hall–Kier alpha value is -2.07. The monoisotopic (exact) mass is 536 g/mol. The molecule has 0 aromatic heterocycles. The normalized spacial score (nSPS) is 43.3. The van der Waals surface area contributed by atoms with Crippen LogP contribution < -0.4 is 4.74 Å². The van der Waals surface area contributed by atoms with Crippen molar-refractivity contribution < 1.29 is 43.5 Å². The van der Waals surface area contributed by atoms with Crippen LogP contribution in [0, 0.1) is 11.3 Å². The molecular weight excluding hydrogens is 504 g/mol. The Bertz CT molecular complexity index is 1250. The molecule has 7 atom stereocenters. The van der Waals surface area contributed by atoms with Gasteiger partial charge >= 0.3 is 11.9 Å². The zero-order chi connectivity index (χ0) is 26.9. The van der Waals surface area contributed by atoms with E-state index in [2.05, 4.69) is 0 Å². The van der Waals surface area contributed by atoms with Crippen LogP contribution in [0.4, 0.5) is 0 Å². The molecule has 2 N–H and O–H groups in total. The Kier molecular flexibility index (Phi) is 4.99. The highest BCUT2D eigenvalue weighted by Crippen LogP contribution is 2.72. The van der Waals surface area contributed by atoms with E-state index in [0.29, 0.717) is 36.8 Å². The number of carbonyl (C=O) groups is 2. The lowest BCUT2D eigenvalue weighted by molar-refractivity contribution is -0.543. The van der Waals surface area contributed by atoms with Crippen molar-refractivity contribution in [1.29, 1.82) is 0 Å². The quantitative estimate of drug-likeness (QED) is 0.532. The molecule has 0 unspecified atom stereocenters. The van der Waals surface area contributed by atoms with Gasteiger partial charge in [0.05, 0.1) is 5.41 Å². The van der Waals surface area contributed by atoms with Gasteiger partial charge in [-0.2, -0.15) is 0 Å². The molecule has 10 heteroatoms. The summed E-state index contributed by atoms with van der Waals surface area (Å²) in [5.41, 5.74) is -2.22. The minimum atomic E-state index is -1.45. The van der Waals surface area contributed by atoms with Gasteiger partial charge in [-0.05, 0) is 26.7 Å². The van der Waals surface area contributed by atoms with E-state index in [1.807, 2.05) is 27.7 Å². The van der Waals surface area contributed by atoms with E-state index in [4.69, 9.17) is 35.3 Å². The van der Waals surface area contributed by atoms with E-state index >= 15 is 0 Å². The number of rotatable bonds is 2. The van der Waals surface area contributed by atoms with Gasteiger partial charge < -0.3 is 33.9 Å². The minimum Gasteiger partial charge on any atom is -0.505 e. The van der Waals surface area contributed by atoms with Crippen LogP contribution in [0.3, 0.4) is 0 Å². The van der Waals surface area contributed by atoms with Crippen LogP contribution in [0.1, 0.15) is 94.8 Å². The summed E-state index contributed by atoms with van der Waals surface area (Å²) in [4.78, 5) is 25.1. The third-order valence-electron chi connectivity index (χ3n) is 9.86. The first-order valence-electron chi connectivity index (χ1n) is 12.9. The molecule has 1 aliphatic carbocycles. The molecule has 1 aromatic carbocycles. The third kappa shape index (κ3) is 2.81. The van der Waals surface area contributed by atoms with Gasteiger partial charge in [-0.1, -0.05) is 32.4 Å². The van der Waals surface area contributed by atoms with Gasteiger partial charge in [-0.15, -0.1) is 0 Å². The van der Waals surface area contributed by atoms with Crippen LogP contribution in [0.15, 0.2) is 0 Å². The first-order chi connectivity index (χ1) is 17.1. The van der Waals surface area contributed by atoms with Gasteiger partial charge in [-0.3, -0.25) is 4.79 Å². The van der Waals surface area contributed by atoms with Crippen molar-refractivity contribution >= 4 is 23.5 Å². The number of esters is 2. The maximum absolute atomic E-state index is 13.0. The Morgan fingerprint density at radius 3 is 2.51 bits per heavy atom. The number of halogens is 1. The average Bonchev–Trinajstić information content (AvgIpc) is 2.80. The van der Waals surface area contributed by atoms with Crippen molar-refractivity contribution in [3.63, 3.8) is 0 Å². The van der Waals surface area contributed by atoms with Crippen LogP contribution >= 0.6 is 11.6 Å². The van der Waals surface area contributed by atoms with E-state index in [1.54, 1.807) is 6.92 Å². The molecule has 6 aliphatic rings. The SMILES string of the molecule is CC(=O)O[C@@H]1c2c3c(c(Cl)c(O)c2C(=O)O[C@@H]1C)O[C@]1(C)CC[C@]2(O)O[C@@]4(C(C)C)CC[C@]2(C)[C@]1(C3)O4. The highest BCUT2D eigenvalue weighted by atomic mass is 35.5. The molecule has 9 nitrogen and oxygen atoms in total. The van der Waals surface area contributed by atoms with E-state index in [1.165, 1.54) is 6.92 Å². The molecule has 4 bridgehead atoms. The highest BCUT2D eigenvalue weighted by Gasteiger charge is 2.82. The molecule has 5 aliphatic heterocycles. The molecule has 3 saturated heterocycles. The molecule has 1 spiro atoms. The average molecular weight is 537 g/mol. The Morgan fingerprint density at radius 2 is 1.86 bits per heavy atom. The number of ether oxygens (including phenoxy) is 5. The van der Waals surface area contributed by atoms with Crippen molar-refractivity contribution in [1.82, 2.24) is 0 Å². The molecule has 4 fully saturated rings. The number of benzene rings is 1. The van der Waals surface area contributed by atoms with Gasteiger partial charge in [0.25, 0.3) is 0 Å². The number of hydrogen-bond donors (Lipinski definition) is 2. The predicted octanol–water partition coefficient (Wildman–Crippen LogP) is 4.32. The van der Waals surface area contributed by atoms with E-state index in [-0.39, 0.29) is 28.7 Å². The topological polar surface area (TPSA) is 121 Å².